The van der Waals surface area contributed by atoms with Crippen molar-refractivity contribution < 1.29 is 0 Å². The summed E-state index contributed by atoms with van der Waals surface area (Å²) in [7, 11) is 0. The van der Waals surface area contributed by atoms with Gasteiger partial charge in [-0.1, -0.05) is 61.3 Å². The first-order valence-electron chi connectivity index (χ1n) is 7.42. The van der Waals surface area contributed by atoms with Crippen LogP contribution in [0.5, 0.6) is 0 Å². The van der Waals surface area contributed by atoms with E-state index in [1.807, 2.05) is 12.1 Å². The lowest BCUT2D eigenvalue weighted by Gasteiger charge is -2.21. The van der Waals surface area contributed by atoms with Gasteiger partial charge in [-0.05, 0) is 54.3 Å². The van der Waals surface area contributed by atoms with E-state index in [9.17, 15) is 0 Å². The normalized spacial score (nSPS) is 12.4. The highest BCUT2D eigenvalue weighted by molar-refractivity contribution is 6.34. The van der Waals surface area contributed by atoms with E-state index in [0.717, 1.165) is 24.9 Å². The first kappa shape index (κ1) is 16.4. The van der Waals surface area contributed by atoms with Gasteiger partial charge in [0.1, 0.15) is 0 Å². The van der Waals surface area contributed by atoms with Gasteiger partial charge in [0, 0.05) is 10.0 Å². The topological polar surface area (TPSA) is 12.0 Å². The molecule has 21 heavy (non-hydrogen) atoms. The van der Waals surface area contributed by atoms with Crippen molar-refractivity contribution in [2.24, 2.45) is 0 Å². The third kappa shape index (κ3) is 4.47. The fourth-order valence-electron chi connectivity index (χ4n) is 2.45. The number of hydrogen-bond donors (Lipinski definition) is 1. The van der Waals surface area contributed by atoms with E-state index in [1.165, 1.54) is 11.1 Å². The molecule has 0 fully saturated rings. The Hall–Kier alpha value is -1.02. The van der Waals surface area contributed by atoms with Gasteiger partial charge in [-0.25, -0.2) is 0 Å². The fraction of sp³-hybridized carbons (Fsp3) is 0.333. The van der Waals surface area contributed by atoms with Crippen molar-refractivity contribution in [3.63, 3.8) is 0 Å². The van der Waals surface area contributed by atoms with E-state index in [4.69, 9.17) is 23.2 Å². The molecule has 0 aliphatic carbocycles. The monoisotopic (exact) mass is 321 g/mol. The van der Waals surface area contributed by atoms with Gasteiger partial charge in [0.05, 0.1) is 6.04 Å². The van der Waals surface area contributed by atoms with Crippen LogP contribution in [0, 0.1) is 0 Å². The third-order valence-electron chi connectivity index (χ3n) is 3.51. The molecule has 0 aliphatic heterocycles. The summed E-state index contributed by atoms with van der Waals surface area (Å²) in [5.41, 5.74) is 3.69. The van der Waals surface area contributed by atoms with Gasteiger partial charge in [0.25, 0.3) is 0 Å². The van der Waals surface area contributed by atoms with Gasteiger partial charge in [-0.15, -0.1) is 0 Å². The van der Waals surface area contributed by atoms with Crippen LogP contribution in [0.2, 0.25) is 10.0 Å². The Morgan fingerprint density at radius 3 is 2.29 bits per heavy atom. The molecule has 0 amide bonds. The molecule has 2 rings (SSSR count). The van der Waals surface area contributed by atoms with Crippen molar-refractivity contribution in [1.29, 1.82) is 0 Å². The summed E-state index contributed by atoms with van der Waals surface area (Å²) in [4.78, 5) is 0. The lowest BCUT2D eigenvalue weighted by Crippen LogP contribution is -2.23. The van der Waals surface area contributed by atoms with E-state index in [1.54, 1.807) is 6.07 Å². The lowest BCUT2D eigenvalue weighted by molar-refractivity contribution is 0.598. The van der Waals surface area contributed by atoms with Crippen LogP contribution in [0.25, 0.3) is 0 Å². The number of benzene rings is 2. The molecule has 0 radical (unpaired) electrons. The maximum absolute atomic E-state index is 6.16. The maximum atomic E-state index is 6.16. The molecule has 3 heteroatoms. The third-order valence-corrected chi connectivity index (χ3v) is 3.95. The van der Waals surface area contributed by atoms with Crippen molar-refractivity contribution in [3.05, 3.63) is 69.2 Å². The summed E-state index contributed by atoms with van der Waals surface area (Å²) in [5.74, 6) is 0. The van der Waals surface area contributed by atoms with Crippen molar-refractivity contribution >= 4 is 23.2 Å². The molecule has 0 aromatic heterocycles. The largest absolute Gasteiger partial charge is 0.306 e. The first-order valence-corrected chi connectivity index (χ1v) is 8.17. The smallest absolute Gasteiger partial charge is 0.0577 e. The summed E-state index contributed by atoms with van der Waals surface area (Å²) in [6.45, 7) is 5.28. The number of nitrogens with one attached hydrogen (secondary N) is 1. The molecular formula is C18H21Cl2N. The molecule has 1 nitrogen and oxygen atoms in total. The van der Waals surface area contributed by atoms with Crippen LogP contribution in [0.15, 0.2) is 42.5 Å². The molecule has 0 saturated heterocycles. The Balaban J connectivity index is 2.41. The van der Waals surface area contributed by atoms with E-state index in [-0.39, 0.29) is 6.04 Å². The quantitative estimate of drug-likeness (QED) is 0.725. The second-order valence-corrected chi connectivity index (χ2v) is 6.06. The Morgan fingerprint density at radius 1 is 0.952 bits per heavy atom. The standard InChI is InChI=1S/C18H21Cl2N/c1-3-8-21-18(14-7-5-6-13(4-2)9-14)15-10-16(19)12-17(20)11-15/h5-7,9-12,18,21H,3-4,8H2,1-2H3. The Labute approximate surface area is 137 Å². The molecule has 1 unspecified atom stereocenters. The minimum Gasteiger partial charge on any atom is -0.306 e. The first-order chi connectivity index (χ1) is 10.1. The Bertz CT molecular complexity index is 575. The molecule has 0 saturated carbocycles. The van der Waals surface area contributed by atoms with Crippen molar-refractivity contribution in [3.8, 4) is 0 Å². The van der Waals surface area contributed by atoms with Gasteiger partial charge in [0.2, 0.25) is 0 Å². The van der Waals surface area contributed by atoms with Crippen molar-refractivity contribution in [2.75, 3.05) is 6.54 Å². The molecule has 2 aromatic rings. The van der Waals surface area contributed by atoms with Crippen molar-refractivity contribution in [1.82, 2.24) is 5.32 Å². The molecule has 0 bridgehead atoms. The summed E-state index contributed by atoms with van der Waals surface area (Å²) in [5, 5.41) is 4.94. The zero-order valence-corrected chi connectivity index (χ0v) is 14.0. The highest BCUT2D eigenvalue weighted by atomic mass is 35.5. The summed E-state index contributed by atoms with van der Waals surface area (Å²) >= 11 is 12.3. The van der Waals surface area contributed by atoms with Crippen LogP contribution in [-0.2, 0) is 6.42 Å². The maximum Gasteiger partial charge on any atom is 0.0577 e. The zero-order chi connectivity index (χ0) is 15.2. The molecular weight excluding hydrogens is 301 g/mol. The average molecular weight is 322 g/mol. The minimum absolute atomic E-state index is 0.118. The molecule has 1 atom stereocenters. The number of aryl methyl sites for hydroxylation is 1. The second kappa shape index (κ2) is 7.84. The fourth-order valence-corrected chi connectivity index (χ4v) is 2.99. The summed E-state index contributed by atoms with van der Waals surface area (Å²) in [6.07, 6.45) is 2.11. The van der Waals surface area contributed by atoms with Crippen LogP contribution in [0.3, 0.4) is 0 Å². The summed E-state index contributed by atoms with van der Waals surface area (Å²) in [6, 6.07) is 14.5. The van der Waals surface area contributed by atoms with Gasteiger partial charge in [-0.2, -0.15) is 0 Å². The van der Waals surface area contributed by atoms with Gasteiger partial charge in [0.15, 0.2) is 0 Å². The number of hydrogen-bond acceptors (Lipinski definition) is 1. The van der Waals surface area contributed by atoms with Gasteiger partial charge in [-0.3, -0.25) is 0 Å². The Morgan fingerprint density at radius 2 is 1.67 bits per heavy atom. The van der Waals surface area contributed by atoms with Crippen LogP contribution < -0.4 is 5.32 Å². The number of halogens is 2. The van der Waals surface area contributed by atoms with Crippen LogP contribution in [0.4, 0.5) is 0 Å². The predicted octanol–water partition coefficient (Wildman–Crippen LogP) is 5.64. The van der Waals surface area contributed by atoms with E-state index < -0.39 is 0 Å². The highest BCUT2D eigenvalue weighted by Crippen LogP contribution is 2.28. The zero-order valence-electron chi connectivity index (χ0n) is 12.5. The molecule has 0 aliphatic rings. The highest BCUT2D eigenvalue weighted by Gasteiger charge is 2.15. The van der Waals surface area contributed by atoms with Crippen LogP contribution in [-0.4, -0.2) is 6.54 Å². The van der Waals surface area contributed by atoms with Gasteiger partial charge < -0.3 is 5.32 Å². The lowest BCUT2D eigenvalue weighted by atomic mass is 9.96. The van der Waals surface area contributed by atoms with Gasteiger partial charge >= 0.3 is 0 Å². The van der Waals surface area contributed by atoms with E-state index in [0.29, 0.717) is 10.0 Å². The SMILES string of the molecule is CCCNC(c1cc(Cl)cc(Cl)c1)c1cccc(CC)c1. The second-order valence-electron chi connectivity index (χ2n) is 5.19. The van der Waals surface area contributed by atoms with Crippen LogP contribution >= 0.6 is 23.2 Å². The average Bonchev–Trinajstić information content (AvgIpc) is 2.47. The van der Waals surface area contributed by atoms with E-state index in [2.05, 4.69) is 43.4 Å². The molecule has 0 heterocycles. The van der Waals surface area contributed by atoms with Crippen LogP contribution in [0.1, 0.15) is 43.0 Å². The Kier molecular flexibility index (Phi) is 6.10. The summed E-state index contributed by atoms with van der Waals surface area (Å²) < 4.78 is 0. The molecule has 1 N–H and O–H groups in total. The molecule has 112 valence electrons. The molecule has 0 spiro atoms. The molecule has 2 aromatic carbocycles. The minimum atomic E-state index is 0.118. The van der Waals surface area contributed by atoms with Crippen molar-refractivity contribution in [2.45, 2.75) is 32.7 Å². The van der Waals surface area contributed by atoms with E-state index >= 15 is 0 Å². The predicted molar refractivity (Wildman–Crippen MR) is 92.4 cm³/mol. The number of rotatable bonds is 6.